The van der Waals surface area contributed by atoms with Crippen molar-refractivity contribution in [2.45, 2.75) is 19.3 Å². The van der Waals surface area contributed by atoms with Crippen LogP contribution in [0.1, 0.15) is 29.6 Å². The van der Waals surface area contributed by atoms with Crippen LogP contribution in [-0.2, 0) is 14.3 Å². The molecule has 0 aliphatic heterocycles. The van der Waals surface area contributed by atoms with Gasteiger partial charge in [-0.2, -0.15) is 0 Å². The lowest BCUT2D eigenvalue weighted by Gasteiger charge is -2.02. The van der Waals surface area contributed by atoms with Crippen LogP contribution in [0.15, 0.2) is 30.3 Å². The molecule has 0 radical (unpaired) electrons. The fourth-order valence-corrected chi connectivity index (χ4v) is 1.19. The highest BCUT2D eigenvalue weighted by atomic mass is 16.6. The van der Waals surface area contributed by atoms with Crippen molar-refractivity contribution in [3.8, 4) is 0 Å². The maximum atomic E-state index is 11.4. The number of benzene rings is 1. The first-order chi connectivity index (χ1) is 8.09. The molecule has 90 valence electrons. The molecule has 0 aliphatic rings. The first-order valence-electron chi connectivity index (χ1n) is 5.18. The minimum atomic E-state index is -0.685. The van der Waals surface area contributed by atoms with Crippen LogP contribution < -0.4 is 5.73 Å². The van der Waals surface area contributed by atoms with Crippen LogP contribution in [0.3, 0.4) is 0 Å². The summed E-state index contributed by atoms with van der Waals surface area (Å²) in [5.41, 5.74) is 5.23. The molecule has 0 fully saturated rings. The van der Waals surface area contributed by atoms with Gasteiger partial charge in [-0.3, -0.25) is 9.59 Å². The summed E-state index contributed by atoms with van der Waals surface area (Å²) < 4.78 is 4.59. The third-order valence-electron chi connectivity index (χ3n) is 2.02. The predicted octanol–water partition coefficient (Wildman–Crippen LogP) is 1.03. The number of amides is 1. The maximum absolute atomic E-state index is 11.4. The van der Waals surface area contributed by atoms with Crippen LogP contribution in [0, 0.1) is 0 Å². The third-order valence-corrected chi connectivity index (χ3v) is 2.02. The molecule has 0 spiro atoms. The van der Waals surface area contributed by atoms with Crippen LogP contribution >= 0.6 is 0 Å². The normalized spacial score (nSPS) is 9.65. The molecule has 0 bridgehead atoms. The van der Waals surface area contributed by atoms with Gasteiger partial charge in [0.1, 0.15) is 0 Å². The van der Waals surface area contributed by atoms with Crippen molar-refractivity contribution in [1.29, 1.82) is 0 Å². The van der Waals surface area contributed by atoms with Gasteiger partial charge in [0.05, 0.1) is 5.56 Å². The van der Waals surface area contributed by atoms with E-state index in [1.165, 1.54) is 0 Å². The lowest BCUT2D eigenvalue weighted by atomic mass is 10.2. The van der Waals surface area contributed by atoms with Crippen molar-refractivity contribution in [2.24, 2.45) is 5.73 Å². The van der Waals surface area contributed by atoms with E-state index in [1.807, 2.05) is 0 Å². The summed E-state index contributed by atoms with van der Waals surface area (Å²) in [6.45, 7) is 0. The molecule has 5 nitrogen and oxygen atoms in total. The molecule has 1 amide bonds. The van der Waals surface area contributed by atoms with E-state index in [1.54, 1.807) is 30.3 Å². The molecule has 17 heavy (non-hydrogen) atoms. The molecule has 2 N–H and O–H groups in total. The first-order valence-corrected chi connectivity index (χ1v) is 5.18. The van der Waals surface area contributed by atoms with E-state index >= 15 is 0 Å². The molecular weight excluding hydrogens is 222 g/mol. The standard InChI is InChI=1S/C12H13NO4/c13-10(14)7-4-8-11(15)17-12(16)9-5-2-1-3-6-9/h1-3,5-6H,4,7-8H2,(H2,13,14). The van der Waals surface area contributed by atoms with E-state index in [0.29, 0.717) is 5.56 Å². The van der Waals surface area contributed by atoms with Gasteiger partial charge in [-0.1, -0.05) is 18.2 Å². The van der Waals surface area contributed by atoms with E-state index in [0.717, 1.165) is 0 Å². The van der Waals surface area contributed by atoms with Crippen molar-refractivity contribution < 1.29 is 19.1 Å². The molecule has 1 aromatic carbocycles. The summed E-state index contributed by atoms with van der Waals surface area (Å²) >= 11 is 0. The molecular formula is C12H13NO4. The monoisotopic (exact) mass is 235 g/mol. The van der Waals surface area contributed by atoms with Crippen LogP contribution in [0.2, 0.25) is 0 Å². The molecule has 0 saturated carbocycles. The third kappa shape index (κ3) is 4.92. The Labute approximate surface area is 98.6 Å². The lowest BCUT2D eigenvalue weighted by molar-refractivity contribution is -0.138. The van der Waals surface area contributed by atoms with Crippen molar-refractivity contribution in [3.63, 3.8) is 0 Å². The molecule has 0 atom stereocenters. The van der Waals surface area contributed by atoms with Crippen LogP contribution in [0.4, 0.5) is 0 Å². The average molecular weight is 235 g/mol. The van der Waals surface area contributed by atoms with Gasteiger partial charge < -0.3 is 10.5 Å². The fourth-order valence-electron chi connectivity index (χ4n) is 1.19. The minimum absolute atomic E-state index is 0.00150. The Hall–Kier alpha value is -2.17. The van der Waals surface area contributed by atoms with E-state index in [9.17, 15) is 14.4 Å². The Bertz CT molecular complexity index is 414. The summed E-state index contributed by atoms with van der Waals surface area (Å²) in [6.07, 6.45) is 0.395. The van der Waals surface area contributed by atoms with Gasteiger partial charge in [-0.15, -0.1) is 0 Å². The Morgan fingerprint density at radius 2 is 1.71 bits per heavy atom. The number of hydrogen-bond donors (Lipinski definition) is 1. The highest BCUT2D eigenvalue weighted by Gasteiger charge is 2.12. The molecule has 0 saturated heterocycles. The Balaban J connectivity index is 2.36. The predicted molar refractivity (Wildman–Crippen MR) is 59.9 cm³/mol. The second-order valence-corrected chi connectivity index (χ2v) is 3.45. The highest BCUT2D eigenvalue weighted by Crippen LogP contribution is 2.04. The maximum Gasteiger partial charge on any atom is 0.345 e. The number of primary amides is 1. The summed E-state index contributed by atoms with van der Waals surface area (Å²) in [5.74, 6) is -1.82. The quantitative estimate of drug-likeness (QED) is 0.610. The number of ether oxygens (including phenoxy) is 1. The van der Waals surface area contributed by atoms with Gasteiger partial charge in [0, 0.05) is 12.8 Å². The summed E-state index contributed by atoms with van der Waals surface area (Å²) in [6, 6.07) is 8.21. The van der Waals surface area contributed by atoms with Gasteiger partial charge in [-0.25, -0.2) is 4.79 Å². The van der Waals surface area contributed by atoms with E-state index in [4.69, 9.17) is 5.73 Å². The molecule has 1 aromatic rings. The Kier molecular flexibility index (Phi) is 4.87. The van der Waals surface area contributed by atoms with Crippen molar-refractivity contribution in [1.82, 2.24) is 0 Å². The number of carbonyl (C=O) groups excluding carboxylic acids is 3. The van der Waals surface area contributed by atoms with E-state index in [2.05, 4.69) is 4.74 Å². The van der Waals surface area contributed by atoms with Gasteiger partial charge in [0.25, 0.3) is 0 Å². The van der Waals surface area contributed by atoms with Gasteiger partial charge >= 0.3 is 11.9 Å². The van der Waals surface area contributed by atoms with Crippen molar-refractivity contribution in [2.75, 3.05) is 0 Å². The number of nitrogens with two attached hydrogens (primary N) is 1. The van der Waals surface area contributed by atoms with Gasteiger partial charge in [-0.05, 0) is 18.6 Å². The largest absolute Gasteiger partial charge is 0.389 e. The van der Waals surface area contributed by atoms with Crippen LogP contribution in [-0.4, -0.2) is 17.8 Å². The van der Waals surface area contributed by atoms with Crippen LogP contribution in [0.25, 0.3) is 0 Å². The summed E-state index contributed by atoms with van der Waals surface area (Å²) in [4.78, 5) is 33.1. The number of carbonyl (C=O) groups is 3. The molecule has 0 aliphatic carbocycles. The topological polar surface area (TPSA) is 86.5 Å². The smallest absolute Gasteiger partial charge is 0.345 e. The number of esters is 2. The SMILES string of the molecule is NC(=O)CCCC(=O)OC(=O)c1ccccc1. The second-order valence-electron chi connectivity index (χ2n) is 3.45. The number of hydrogen-bond acceptors (Lipinski definition) is 4. The summed E-state index contributed by atoms with van der Waals surface area (Å²) in [5, 5.41) is 0. The minimum Gasteiger partial charge on any atom is -0.389 e. The summed E-state index contributed by atoms with van der Waals surface area (Å²) in [7, 11) is 0. The highest BCUT2D eigenvalue weighted by molar-refractivity contribution is 5.96. The average Bonchev–Trinajstić information content (AvgIpc) is 2.29. The van der Waals surface area contributed by atoms with E-state index in [-0.39, 0.29) is 19.3 Å². The van der Waals surface area contributed by atoms with Crippen LogP contribution in [0.5, 0.6) is 0 Å². The molecule has 0 unspecified atom stereocenters. The number of rotatable bonds is 5. The van der Waals surface area contributed by atoms with Crippen molar-refractivity contribution in [3.05, 3.63) is 35.9 Å². The zero-order chi connectivity index (χ0) is 12.7. The van der Waals surface area contributed by atoms with Crippen molar-refractivity contribution >= 4 is 17.8 Å². The van der Waals surface area contributed by atoms with E-state index < -0.39 is 17.8 Å². The molecule has 0 aromatic heterocycles. The van der Waals surface area contributed by atoms with Gasteiger partial charge in [0.15, 0.2) is 0 Å². The fraction of sp³-hybridized carbons (Fsp3) is 0.250. The Morgan fingerprint density at radius 3 is 2.29 bits per heavy atom. The molecule has 5 heteroatoms. The first kappa shape index (κ1) is 12.9. The zero-order valence-electron chi connectivity index (χ0n) is 9.22. The molecule has 1 rings (SSSR count). The Morgan fingerprint density at radius 1 is 1.06 bits per heavy atom. The zero-order valence-corrected chi connectivity index (χ0v) is 9.22. The molecule has 0 heterocycles. The lowest BCUT2D eigenvalue weighted by Crippen LogP contribution is -2.14. The van der Waals surface area contributed by atoms with Gasteiger partial charge in [0.2, 0.25) is 5.91 Å². The second kappa shape index (κ2) is 6.42.